The van der Waals surface area contributed by atoms with Crippen LogP contribution in [0.5, 0.6) is 0 Å². The molecular formula is C16H17NO4S. The van der Waals surface area contributed by atoms with Gasteiger partial charge in [0.2, 0.25) is 10.0 Å². The maximum absolute atomic E-state index is 12.1. The van der Waals surface area contributed by atoms with Crippen LogP contribution in [0.1, 0.15) is 6.92 Å². The number of benzene rings is 2. The van der Waals surface area contributed by atoms with E-state index in [1.807, 2.05) is 30.3 Å². The Morgan fingerprint density at radius 3 is 2.18 bits per heavy atom. The van der Waals surface area contributed by atoms with E-state index in [1.165, 1.54) is 12.1 Å². The first-order valence-electron chi connectivity index (χ1n) is 6.83. The van der Waals surface area contributed by atoms with E-state index in [4.69, 9.17) is 0 Å². The summed E-state index contributed by atoms with van der Waals surface area (Å²) in [4.78, 5) is 11.3. The summed E-state index contributed by atoms with van der Waals surface area (Å²) in [6.45, 7) is 1.50. The first-order valence-corrected chi connectivity index (χ1v) is 8.32. The van der Waals surface area contributed by atoms with Gasteiger partial charge in [0.1, 0.15) is 6.54 Å². The molecule has 0 heterocycles. The number of carbonyl (C=O) groups is 1. The van der Waals surface area contributed by atoms with E-state index in [-0.39, 0.29) is 18.0 Å². The van der Waals surface area contributed by atoms with Gasteiger partial charge < -0.3 is 4.74 Å². The minimum Gasteiger partial charge on any atom is -0.465 e. The standard InChI is InChI=1S/C16H17NO4S/c1-2-21-16(18)12-17-22(19,20)15-10-8-14(9-11-15)13-6-4-3-5-7-13/h3-11,17H,2,12H2,1H3. The van der Waals surface area contributed by atoms with Gasteiger partial charge in [0, 0.05) is 0 Å². The highest BCUT2D eigenvalue weighted by Crippen LogP contribution is 2.20. The van der Waals surface area contributed by atoms with Crippen molar-refractivity contribution in [1.29, 1.82) is 0 Å². The Hall–Kier alpha value is -2.18. The van der Waals surface area contributed by atoms with Crippen molar-refractivity contribution in [2.75, 3.05) is 13.2 Å². The summed E-state index contributed by atoms with van der Waals surface area (Å²) >= 11 is 0. The third kappa shape index (κ3) is 4.16. The van der Waals surface area contributed by atoms with Crippen LogP contribution in [-0.2, 0) is 19.6 Å². The molecule has 2 aromatic rings. The fraction of sp³-hybridized carbons (Fsp3) is 0.188. The molecule has 0 radical (unpaired) electrons. The van der Waals surface area contributed by atoms with Crippen LogP contribution in [0.2, 0.25) is 0 Å². The number of esters is 1. The molecule has 6 heteroatoms. The smallest absolute Gasteiger partial charge is 0.321 e. The van der Waals surface area contributed by atoms with Crippen LogP contribution in [0.15, 0.2) is 59.5 Å². The normalized spacial score (nSPS) is 11.1. The number of ether oxygens (including phenoxy) is 1. The maximum atomic E-state index is 12.1. The van der Waals surface area contributed by atoms with Gasteiger partial charge in [0.05, 0.1) is 11.5 Å². The van der Waals surface area contributed by atoms with Gasteiger partial charge in [-0.05, 0) is 30.2 Å². The van der Waals surface area contributed by atoms with Crippen LogP contribution >= 0.6 is 0 Å². The van der Waals surface area contributed by atoms with Crippen molar-refractivity contribution in [2.45, 2.75) is 11.8 Å². The lowest BCUT2D eigenvalue weighted by molar-refractivity contribution is -0.141. The van der Waals surface area contributed by atoms with E-state index in [0.717, 1.165) is 11.1 Å². The Kier molecular flexibility index (Phi) is 5.30. The molecule has 22 heavy (non-hydrogen) atoms. The van der Waals surface area contributed by atoms with Crippen molar-refractivity contribution in [3.8, 4) is 11.1 Å². The zero-order chi connectivity index (χ0) is 16.0. The molecule has 0 aliphatic heterocycles. The van der Waals surface area contributed by atoms with Crippen molar-refractivity contribution in [3.05, 3.63) is 54.6 Å². The molecular weight excluding hydrogens is 302 g/mol. The second kappa shape index (κ2) is 7.20. The third-order valence-corrected chi connectivity index (χ3v) is 4.40. The van der Waals surface area contributed by atoms with Crippen LogP contribution in [0.4, 0.5) is 0 Å². The van der Waals surface area contributed by atoms with E-state index in [2.05, 4.69) is 9.46 Å². The second-order valence-corrected chi connectivity index (χ2v) is 6.29. The number of nitrogens with one attached hydrogen (secondary N) is 1. The number of sulfonamides is 1. The lowest BCUT2D eigenvalue weighted by Gasteiger charge is -2.07. The Labute approximate surface area is 130 Å². The minimum atomic E-state index is -3.72. The molecule has 0 aliphatic carbocycles. The molecule has 0 atom stereocenters. The molecule has 2 aromatic carbocycles. The van der Waals surface area contributed by atoms with E-state index >= 15 is 0 Å². The van der Waals surface area contributed by atoms with Gasteiger partial charge in [0.25, 0.3) is 0 Å². The molecule has 116 valence electrons. The third-order valence-electron chi connectivity index (χ3n) is 2.98. The summed E-state index contributed by atoms with van der Waals surface area (Å²) in [6, 6.07) is 16.1. The Bertz CT molecular complexity index is 725. The molecule has 0 fully saturated rings. The van der Waals surface area contributed by atoms with Crippen LogP contribution in [0, 0.1) is 0 Å². The topological polar surface area (TPSA) is 72.5 Å². The molecule has 1 N–H and O–H groups in total. The fourth-order valence-electron chi connectivity index (χ4n) is 1.91. The second-order valence-electron chi connectivity index (χ2n) is 4.52. The first kappa shape index (κ1) is 16.2. The van der Waals surface area contributed by atoms with Crippen LogP contribution in [-0.4, -0.2) is 27.5 Å². The Morgan fingerprint density at radius 2 is 1.59 bits per heavy atom. The largest absolute Gasteiger partial charge is 0.465 e. The Morgan fingerprint density at radius 1 is 1.00 bits per heavy atom. The van der Waals surface area contributed by atoms with E-state index in [0.29, 0.717) is 0 Å². The van der Waals surface area contributed by atoms with Gasteiger partial charge in [-0.25, -0.2) is 8.42 Å². The van der Waals surface area contributed by atoms with Crippen molar-refractivity contribution in [3.63, 3.8) is 0 Å². The predicted octanol–water partition coefficient (Wildman–Crippen LogP) is 2.20. The van der Waals surface area contributed by atoms with Crippen molar-refractivity contribution >= 4 is 16.0 Å². The zero-order valence-corrected chi connectivity index (χ0v) is 13.0. The van der Waals surface area contributed by atoms with Crippen LogP contribution in [0.25, 0.3) is 11.1 Å². The maximum Gasteiger partial charge on any atom is 0.321 e. The fourth-order valence-corrected chi connectivity index (χ4v) is 2.88. The summed E-state index contributed by atoms with van der Waals surface area (Å²) < 4.78 is 31.0. The average Bonchev–Trinajstić information content (AvgIpc) is 2.54. The molecule has 0 amide bonds. The lowest BCUT2D eigenvalue weighted by atomic mass is 10.1. The van der Waals surface area contributed by atoms with Crippen molar-refractivity contribution < 1.29 is 17.9 Å². The monoisotopic (exact) mass is 319 g/mol. The first-order chi connectivity index (χ1) is 10.5. The molecule has 0 unspecified atom stereocenters. The molecule has 0 spiro atoms. The molecule has 0 bridgehead atoms. The number of hydrogen-bond donors (Lipinski definition) is 1. The lowest BCUT2D eigenvalue weighted by Crippen LogP contribution is -2.30. The highest BCUT2D eigenvalue weighted by molar-refractivity contribution is 7.89. The molecule has 0 saturated carbocycles. The van der Waals surface area contributed by atoms with Gasteiger partial charge in [0.15, 0.2) is 0 Å². The molecule has 5 nitrogen and oxygen atoms in total. The van der Waals surface area contributed by atoms with E-state index in [1.54, 1.807) is 19.1 Å². The van der Waals surface area contributed by atoms with Gasteiger partial charge in [-0.3, -0.25) is 4.79 Å². The van der Waals surface area contributed by atoms with Crippen LogP contribution < -0.4 is 4.72 Å². The molecule has 2 rings (SSSR count). The summed E-state index contributed by atoms with van der Waals surface area (Å²) in [5.74, 6) is -0.605. The predicted molar refractivity (Wildman–Crippen MR) is 83.7 cm³/mol. The van der Waals surface area contributed by atoms with Gasteiger partial charge in [-0.1, -0.05) is 42.5 Å². The van der Waals surface area contributed by atoms with E-state index in [9.17, 15) is 13.2 Å². The zero-order valence-electron chi connectivity index (χ0n) is 12.2. The quantitative estimate of drug-likeness (QED) is 0.829. The van der Waals surface area contributed by atoms with E-state index < -0.39 is 16.0 Å². The van der Waals surface area contributed by atoms with Gasteiger partial charge >= 0.3 is 5.97 Å². The molecule has 0 saturated heterocycles. The summed E-state index contributed by atoms with van der Waals surface area (Å²) in [5, 5.41) is 0. The Balaban J connectivity index is 2.11. The van der Waals surface area contributed by atoms with Crippen molar-refractivity contribution in [2.24, 2.45) is 0 Å². The van der Waals surface area contributed by atoms with Crippen LogP contribution in [0.3, 0.4) is 0 Å². The summed E-state index contributed by atoms with van der Waals surface area (Å²) in [5.41, 5.74) is 1.93. The van der Waals surface area contributed by atoms with Crippen molar-refractivity contribution in [1.82, 2.24) is 4.72 Å². The highest BCUT2D eigenvalue weighted by Gasteiger charge is 2.15. The SMILES string of the molecule is CCOC(=O)CNS(=O)(=O)c1ccc(-c2ccccc2)cc1. The minimum absolute atomic E-state index is 0.108. The molecule has 0 aliphatic rings. The highest BCUT2D eigenvalue weighted by atomic mass is 32.2. The number of rotatable bonds is 6. The number of carbonyl (C=O) groups excluding carboxylic acids is 1. The summed E-state index contributed by atoms with van der Waals surface area (Å²) in [6.07, 6.45) is 0. The van der Waals surface area contributed by atoms with Gasteiger partial charge in [-0.2, -0.15) is 4.72 Å². The van der Waals surface area contributed by atoms with Gasteiger partial charge in [-0.15, -0.1) is 0 Å². The summed E-state index contributed by atoms with van der Waals surface area (Å²) in [7, 11) is -3.72. The number of hydrogen-bond acceptors (Lipinski definition) is 4. The average molecular weight is 319 g/mol. The molecule has 0 aromatic heterocycles.